The van der Waals surface area contributed by atoms with Gasteiger partial charge in [0.25, 0.3) is 0 Å². The molecule has 0 aliphatic rings. The van der Waals surface area contributed by atoms with Crippen LogP contribution in [0.15, 0.2) is 71.5 Å². The number of hydrogen-bond acceptors (Lipinski definition) is 2. The van der Waals surface area contributed by atoms with E-state index in [1.54, 1.807) is 28.8 Å². The van der Waals surface area contributed by atoms with Crippen molar-refractivity contribution in [2.45, 2.75) is 0 Å². The first-order chi connectivity index (χ1) is 12.5. The van der Waals surface area contributed by atoms with Crippen LogP contribution >= 0.6 is 15.9 Å². The summed E-state index contributed by atoms with van der Waals surface area (Å²) in [4.78, 5) is 16.1. The standard InChI is InChI=1S/C20H12BrFN2O2.K.H/c21-14-6-7-15(17(22)9-14)18-11-24-10-13(20(25)26)8-16(19(24)23-18)12-4-2-1-3-5-12;;/h1-11H,(H,25,26);;. The number of pyridine rings is 1. The molecule has 0 bridgehead atoms. The number of benzene rings is 2. The number of hydrogen-bond donors (Lipinski definition) is 1. The molecule has 0 saturated carbocycles. The summed E-state index contributed by atoms with van der Waals surface area (Å²) in [5, 5.41) is 9.42. The molecule has 0 unspecified atom stereocenters. The molecule has 4 rings (SSSR count). The summed E-state index contributed by atoms with van der Waals surface area (Å²) in [7, 11) is 0. The van der Waals surface area contributed by atoms with Crippen molar-refractivity contribution in [3.8, 4) is 22.4 Å². The number of carboxylic acids is 1. The number of rotatable bonds is 3. The molecule has 0 atom stereocenters. The van der Waals surface area contributed by atoms with Crippen molar-refractivity contribution < 1.29 is 14.3 Å². The number of fused-ring (bicyclic) bond motifs is 1. The molecule has 2 heterocycles. The molecular formula is C20H13BrFKN2O2. The number of carboxylic acid groups (broad SMARTS) is 1. The minimum atomic E-state index is -1.03. The Bertz CT molecular complexity index is 1150. The topological polar surface area (TPSA) is 54.6 Å². The van der Waals surface area contributed by atoms with Gasteiger partial charge in [-0.2, -0.15) is 0 Å². The Morgan fingerprint density at radius 3 is 2.44 bits per heavy atom. The number of aromatic nitrogens is 2. The normalized spacial score (nSPS) is 10.6. The summed E-state index contributed by atoms with van der Waals surface area (Å²) >= 11 is 3.24. The molecule has 1 N–H and O–H groups in total. The van der Waals surface area contributed by atoms with Gasteiger partial charge >= 0.3 is 57.4 Å². The first-order valence-corrected chi connectivity index (χ1v) is 8.59. The second-order valence-electron chi connectivity index (χ2n) is 5.79. The van der Waals surface area contributed by atoms with Crippen LogP contribution in [0.3, 0.4) is 0 Å². The third kappa shape index (κ3) is 4.08. The van der Waals surface area contributed by atoms with E-state index in [-0.39, 0.29) is 56.9 Å². The van der Waals surface area contributed by atoms with Gasteiger partial charge in [0.1, 0.15) is 11.5 Å². The molecule has 27 heavy (non-hydrogen) atoms. The van der Waals surface area contributed by atoms with Gasteiger partial charge in [-0.25, -0.2) is 14.2 Å². The van der Waals surface area contributed by atoms with Crippen LogP contribution in [0.5, 0.6) is 0 Å². The Morgan fingerprint density at radius 1 is 1.04 bits per heavy atom. The quantitative estimate of drug-likeness (QED) is 0.463. The summed E-state index contributed by atoms with van der Waals surface area (Å²) in [6.07, 6.45) is 3.12. The van der Waals surface area contributed by atoms with Crippen molar-refractivity contribution in [3.63, 3.8) is 0 Å². The average molecular weight is 451 g/mol. The average Bonchev–Trinajstić information content (AvgIpc) is 3.05. The Balaban J connectivity index is 0.00000210. The first kappa shape index (κ1) is 20.4. The molecule has 2 aromatic heterocycles. The van der Waals surface area contributed by atoms with E-state index in [4.69, 9.17) is 0 Å². The SMILES string of the molecule is O=C(O)c1cc(-c2ccccc2)c2nc(-c3ccc(Br)cc3F)cn2c1.[KH]. The zero-order valence-electron chi connectivity index (χ0n) is 13.4. The molecule has 4 aromatic rings. The van der Waals surface area contributed by atoms with Crippen LogP contribution in [0, 0.1) is 5.82 Å². The monoisotopic (exact) mass is 450 g/mol. The van der Waals surface area contributed by atoms with Crippen LogP contribution in [0.1, 0.15) is 10.4 Å². The Hall–Kier alpha value is -1.35. The van der Waals surface area contributed by atoms with Gasteiger partial charge in [0.15, 0.2) is 0 Å². The fraction of sp³-hybridized carbons (Fsp3) is 0. The van der Waals surface area contributed by atoms with Gasteiger partial charge in [-0.05, 0) is 29.8 Å². The third-order valence-electron chi connectivity index (χ3n) is 4.09. The molecule has 2 aromatic carbocycles. The Kier molecular flexibility index (Phi) is 6.30. The third-order valence-corrected chi connectivity index (χ3v) is 4.58. The van der Waals surface area contributed by atoms with Crippen LogP contribution in [0.2, 0.25) is 0 Å². The van der Waals surface area contributed by atoms with Crippen LogP contribution in [-0.2, 0) is 0 Å². The van der Waals surface area contributed by atoms with E-state index in [0.29, 0.717) is 26.9 Å². The molecular weight excluding hydrogens is 438 g/mol. The van der Waals surface area contributed by atoms with E-state index in [9.17, 15) is 14.3 Å². The van der Waals surface area contributed by atoms with Gasteiger partial charge in [-0.1, -0.05) is 46.3 Å². The molecule has 0 saturated heterocycles. The van der Waals surface area contributed by atoms with E-state index in [0.717, 1.165) is 5.56 Å². The van der Waals surface area contributed by atoms with Crippen LogP contribution in [0.25, 0.3) is 28.0 Å². The van der Waals surface area contributed by atoms with Gasteiger partial charge in [0.05, 0.1) is 11.3 Å². The fourth-order valence-corrected chi connectivity index (χ4v) is 3.21. The molecule has 7 heteroatoms. The van der Waals surface area contributed by atoms with Crippen molar-refractivity contribution >= 4 is 78.9 Å². The first-order valence-electron chi connectivity index (χ1n) is 7.80. The van der Waals surface area contributed by atoms with E-state index in [2.05, 4.69) is 20.9 Å². The summed E-state index contributed by atoms with van der Waals surface area (Å²) in [5.41, 5.74) is 3.01. The van der Waals surface area contributed by atoms with Crippen molar-refractivity contribution in [1.29, 1.82) is 0 Å². The number of carbonyl (C=O) groups is 1. The number of aromatic carboxylic acids is 1. The van der Waals surface area contributed by atoms with Crippen LogP contribution < -0.4 is 0 Å². The summed E-state index contributed by atoms with van der Waals surface area (Å²) in [5.74, 6) is -1.43. The van der Waals surface area contributed by atoms with E-state index in [1.165, 1.54) is 12.3 Å². The van der Waals surface area contributed by atoms with Gasteiger partial charge < -0.3 is 9.51 Å². The molecule has 0 amide bonds. The van der Waals surface area contributed by atoms with Gasteiger partial charge in [-0.15, -0.1) is 0 Å². The molecule has 4 nitrogen and oxygen atoms in total. The zero-order chi connectivity index (χ0) is 18.3. The maximum absolute atomic E-state index is 14.3. The molecule has 0 aliphatic carbocycles. The van der Waals surface area contributed by atoms with Crippen molar-refractivity contribution in [3.05, 3.63) is 82.8 Å². The van der Waals surface area contributed by atoms with Gasteiger partial charge in [-0.3, -0.25) is 0 Å². The fourth-order valence-electron chi connectivity index (χ4n) is 2.87. The molecule has 0 fully saturated rings. The number of halogens is 2. The Labute approximate surface area is 205 Å². The second kappa shape index (κ2) is 8.34. The van der Waals surface area contributed by atoms with Crippen LogP contribution in [-0.4, -0.2) is 71.8 Å². The molecule has 0 spiro atoms. The van der Waals surface area contributed by atoms with Gasteiger partial charge in [0.2, 0.25) is 0 Å². The predicted molar refractivity (Wildman–Crippen MR) is 108 cm³/mol. The maximum atomic E-state index is 14.3. The molecule has 0 aliphatic heterocycles. The zero-order valence-corrected chi connectivity index (χ0v) is 14.9. The summed E-state index contributed by atoms with van der Waals surface area (Å²) in [6, 6.07) is 15.7. The van der Waals surface area contributed by atoms with Crippen molar-refractivity contribution in [2.24, 2.45) is 0 Å². The van der Waals surface area contributed by atoms with E-state index < -0.39 is 11.8 Å². The van der Waals surface area contributed by atoms with Crippen LogP contribution in [0.4, 0.5) is 4.39 Å². The summed E-state index contributed by atoms with van der Waals surface area (Å²) in [6.45, 7) is 0. The minimum absolute atomic E-state index is 0. The predicted octanol–water partition coefficient (Wildman–Crippen LogP) is 4.62. The number of imidazole rings is 1. The van der Waals surface area contributed by atoms with Crippen molar-refractivity contribution in [2.75, 3.05) is 0 Å². The van der Waals surface area contributed by atoms with Gasteiger partial charge in [0, 0.05) is 28.0 Å². The molecule has 130 valence electrons. The summed E-state index contributed by atoms with van der Waals surface area (Å²) < 4.78 is 16.6. The van der Waals surface area contributed by atoms with E-state index >= 15 is 0 Å². The number of nitrogens with zero attached hydrogens (tertiary/aromatic N) is 2. The molecule has 0 radical (unpaired) electrons. The van der Waals surface area contributed by atoms with E-state index in [1.807, 2.05) is 30.3 Å². The second-order valence-corrected chi connectivity index (χ2v) is 6.71. The Morgan fingerprint density at radius 2 is 1.78 bits per heavy atom. The van der Waals surface area contributed by atoms with Crippen molar-refractivity contribution in [1.82, 2.24) is 9.38 Å².